The summed E-state index contributed by atoms with van der Waals surface area (Å²) in [5.41, 5.74) is -0.202. The average Bonchev–Trinajstić information content (AvgIpc) is 2.39. The lowest BCUT2D eigenvalue weighted by atomic mass is 9.92. The quantitative estimate of drug-likeness (QED) is 0.807. The Morgan fingerprint density at radius 3 is 3.00 bits per heavy atom. The van der Waals surface area contributed by atoms with Crippen molar-refractivity contribution in [1.29, 1.82) is 0 Å². The monoisotopic (exact) mass is 267 g/mol. The van der Waals surface area contributed by atoms with Gasteiger partial charge in [-0.05, 0) is 12.1 Å². The van der Waals surface area contributed by atoms with E-state index in [-0.39, 0.29) is 6.42 Å². The zero-order chi connectivity index (χ0) is 11.1. The first kappa shape index (κ1) is 10.4. The molecular formula is C11H10BrNO2. The second kappa shape index (κ2) is 3.47. The number of hydrogen-bond acceptors (Lipinski definition) is 2. The zero-order valence-corrected chi connectivity index (χ0v) is 9.54. The molecule has 0 saturated heterocycles. The van der Waals surface area contributed by atoms with Crippen LogP contribution in [0.1, 0.15) is 12.0 Å². The van der Waals surface area contributed by atoms with Crippen molar-refractivity contribution in [3.8, 4) is 0 Å². The molecule has 2 N–H and O–H groups in total. The normalized spacial score (nSPS) is 23.5. The fourth-order valence-corrected chi connectivity index (χ4v) is 2.10. The molecule has 1 atom stereocenters. The molecule has 3 nitrogen and oxygen atoms in total. The standard InChI is InChI=1S/C11H10BrNO2/c1-2-5-11(15)8-4-3-7(12)6-9(8)13-10(11)14/h2-4,6,15H,1,5H2,(H,13,14). The fraction of sp³-hybridized carbons (Fsp3) is 0.182. The summed E-state index contributed by atoms with van der Waals surface area (Å²) in [7, 11) is 0. The van der Waals surface area contributed by atoms with Crippen LogP contribution in [0.3, 0.4) is 0 Å². The topological polar surface area (TPSA) is 49.3 Å². The first-order valence-corrected chi connectivity index (χ1v) is 5.32. The summed E-state index contributed by atoms with van der Waals surface area (Å²) in [4.78, 5) is 11.6. The number of carbonyl (C=O) groups excluding carboxylic acids is 1. The molecule has 0 bridgehead atoms. The van der Waals surface area contributed by atoms with Crippen LogP contribution in [0.2, 0.25) is 0 Å². The number of rotatable bonds is 2. The molecule has 15 heavy (non-hydrogen) atoms. The molecule has 0 radical (unpaired) electrons. The zero-order valence-electron chi connectivity index (χ0n) is 7.96. The van der Waals surface area contributed by atoms with Crippen LogP contribution in [-0.4, -0.2) is 11.0 Å². The average molecular weight is 268 g/mol. The first-order chi connectivity index (χ1) is 7.08. The highest BCUT2D eigenvalue weighted by molar-refractivity contribution is 9.10. The van der Waals surface area contributed by atoms with Gasteiger partial charge in [-0.3, -0.25) is 4.79 Å². The van der Waals surface area contributed by atoms with Crippen molar-refractivity contribution in [2.75, 3.05) is 5.32 Å². The summed E-state index contributed by atoms with van der Waals surface area (Å²) >= 11 is 3.31. The van der Waals surface area contributed by atoms with Gasteiger partial charge in [0.1, 0.15) is 0 Å². The molecule has 1 aliphatic rings. The van der Waals surface area contributed by atoms with E-state index in [1.807, 2.05) is 0 Å². The maximum atomic E-state index is 11.6. The molecule has 1 aromatic rings. The third kappa shape index (κ3) is 1.50. The van der Waals surface area contributed by atoms with Crippen molar-refractivity contribution < 1.29 is 9.90 Å². The Morgan fingerprint density at radius 2 is 2.33 bits per heavy atom. The van der Waals surface area contributed by atoms with E-state index in [2.05, 4.69) is 27.8 Å². The van der Waals surface area contributed by atoms with Crippen molar-refractivity contribution in [2.24, 2.45) is 0 Å². The van der Waals surface area contributed by atoms with E-state index >= 15 is 0 Å². The van der Waals surface area contributed by atoms with E-state index < -0.39 is 11.5 Å². The van der Waals surface area contributed by atoms with E-state index in [4.69, 9.17) is 0 Å². The molecule has 0 fully saturated rings. The van der Waals surface area contributed by atoms with Gasteiger partial charge in [0.05, 0.1) is 0 Å². The van der Waals surface area contributed by atoms with Crippen molar-refractivity contribution in [3.05, 3.63) is 40.9 Å². The summed E-state index contributed by atoms with van der Waals surface area (Å²) in [5.74, 6) is -0.393. The number of nitrogens with one attached hydrogen (secondary N) is 1. The van der Waals surface area contributed by atoms with Crippen molar-refractivity contribution >= 4 is 27.5 Å². The Hall–Kier alpha value is -1.13. The highest BCUT2D eigenvalue weighted by Crippen LogP contribution is 2.39. The molecule has 4 heteroatoms. The van der Waals surface area contributed by atoms with Crippen LogP contribution in [0.4, 0.5) is 5.69 Å². The SMILES string of the molecule is C=CCC1(O)C(=O)Nc2cc(Br)ccc21. The Labute approximate surface area is 95.9 Å². The largest absolute Gasteiger partial charge is 0.375 e. The molecule has 2 rings (SSSR count). The van der Waals surface area contributed by atoms with E-state index in [1.165, 1.54) is 6.08 Å². The van der Waals surface area contributed by atoms with Crippen LogP contribution in [0, 0.1) is 0 Å². The molecule has 1 aliphatic heterocycles. The molecule has 1 unspecified atom stereocenters. The molecule has 1 heterocycles. The summed E-state index contributed by atoms with van der Waals surface area (Å²) in [5, 5.41) is 12.9. The molecule has 0 aliphatic carbocycles. The van der Waals surface area contributed by atoms with Gasteiger partial charge in [0.2, 0.25) is 0 Å². The van der Waals surface area contributed by atoms with Gasteiger partial charge in [0, 0.05) is 22.1 Å². The number of halogens is 1. The summed E-state index contributed by atoms with van der Waals surface area (Å²) in [6, 6.07) is 5.31. The van der Waals surface area contributed by atoms with Gasteiger partial charge in [-0.25, -0.2) is 0 Å². The van der Waals surface area contributed by atoms with Crippen LogP contribution in [0.25, 0.3) is 0 Å². The third-order valence-electron chi connectivity index (χ3n) is 2.49. The van der Waals surface area contributed by atoms with Gasteiger partial charge in [-0.1, -0.05) is 28.1 Å². The van der Waals surface area contributed by atoms with Crippen LogP contribution < -0.4 is 5.32 Å². The minimum atomic E-state index is -1.46. The predicted molar refractivity (Wildman–Crippen MR) is 61.5 cm³/mol. The number of anilines is 1. The molecule has 0 spiro atoms. The number of fused-ring (bicyclic) bond motifs is 1. The lowest BCUT2D eigenvalue weighted by Crippen LogP contribution is -2.33. The molecule has 78 valence electrons. The van der Waals surface area contributed by atoms with Crippen molar-refractivity contribution in [2.45, 2.75) is 12.0 Å². The van der Waals surface area contributed by atoms with Gasteiger partial charge >= 0.3 is 0 Å². The van der Waals surface area contributed by atoms with E-state index in [0.717, 1.165) is 4.47 Å². The minimum absolute atomic E-state index is 0.216. The van der Waals surface area contributed by atoms with Crippen LogP contribution in [0.5, 0.6) is 0 Å². The Bertz CT molecular complexity index is 444. The summed E-state index contributed by atoms with van der Waals surface area (Å²) in [6.07, 6.45) is 1.75. The smallest absolute Gasteiger partial charge is 0.261 e. The highest BCUT2D eigenvalue weighted by atomic mass is 79.9. The lowest BCUT2D eigenvalue weighted by molar-refractivity contribution is -0.133. The summed E-state index contributed by atoms with van der Waals surface area (Å²) < 4.78 is 0.865. The van der Waals surface area contributed by atoms with E-state index in [9.17, 15) is 9.90 Å². The Kier molecular flexibility index (Phi) is 2.40. The van der Waals surface area contributed by atoms with Crippen LogP contribution in [-0.2, 0) is 10.4 Å². The van der Waals surface area contributed by atoms with Crippen molar-refractivity contribution in [3.63, 3.8) is 0 Å². The maximum Gasteiger partial charge on any atom is 0.261 e. The highest BCUT2D eigenvalue weighted by Gasteiger charge is 2.43. The van der Waals surface area contributed by atoms with E-state index in [1.54, 1.807) is 18.2 Å². The Balaban J connectivity index is 2.54. The third-order valence-corrected chi connectivity index (χ3v) is 2.98. The molecule has 1 aromatic carbocycles. The first-order valence-electron chi connectivity index (χ1n) is 4.52. The second-order valence-electron chi connectivity index (χ2n) is 3.50. The molecular weight excluding hydrogens is 258 g/mol. The van der Waals surface area contributed by atoms with Gasteiger partial charge in [-0.2, -0.15) is 0 Å². The number of hydrogen-bond donors (Lipinski definition) is 2. The van der Waals surface area contributed by atoms with Crippen LogP contribution in [0.15, 0.2) is 35.3 Å². The van der Waals surface area contributed by atoms with Gasteiger partial charge in [0.25, 0.3) is 5.91 Å². The number of carbonyl (C=O) groups is 1. The van der Waals surface area contributed by atoms with E-state index in [0.29, 0.717) is 11.3 Å². The molecule has 0 saturated carbocycles. The second-order valence-corrected chi connectivity index (χ2v) is 4.41. The fourth-order valence-electron chi connectivity index (χ4n) is 1.74. The number of benzene rings is 1. The maximum absolute atomic E-state index is 11.6. The predicted octanol–water partition coefficient (Wildman–Crippen LogP) is 2.16. The molecule has 0 aromatic heterocycles. The number of amides is 1. The van der Waals surface area contributed by atoms with Crippen LogP contribution >= 0.6 is 15.9 Å². The lowest BCUT2D eigenvalue weighted by Gasteiger charge is -2.18. The molecule has 1 amide bonds. The van der Waals surface area contributed by atoms with Gasteiger partial charge < -0.3 is 10.4 Å². The number of aliphatic hydroxyl groups is 1. The minimum Gasteiger partial charge on any atom is -0.375 e. The van der Waals surface area contributed by atoms with Gasteiger partial charge in [-0.15, -0.1) is 6.58 Å². The Morgan fingerprint density at radius 1 is 1.60 bits per heavy atom. The summed E-state index contributed by atoms with van der Waals surface area (Å²) in [6.45, 7) is 3.55. The van der Waals surface area contributed by atoms with Gasteiger partial charge in [0.15, 0.2) is 5.60 Å². The van der Waals surface area contributed by atoms with Crippen molar-refractivity contribution in [1.82, 2.24) is 0 Å².